The molecule has 2 atom stereocenters. The van der Waals surface area contributed by atoms with Crippen LogP contribution in [0.5, 0.6) is 0 Å². The molecule has 1 amide bonds. The molecule has 3 aromatic rings. The number of hydrogen-bond donors (Lipinski definition) is 0. The number of nitrogens with zero attached hydrogens (tertiary/aromatic N) is 5. The van der Waals surface area contributed by atoms with Crippen LogP contribution in [0.4, 0.5) is 24.5 Å². The molecule has 0 bridgehead atoms. The van der Waals surface area contributed by atoms with Crippen LogP contribution in [-0.4, -0.2) is 64.6 Å². The number of sulfone groups is 1. The molecular weight excluding hydrogens is 519 g/mol. The number of aryl methyl sites for hydroxylation is 2. The van der Waals surface area contributed by atoms with Crippen molar-refractivity contribution >= 4 is 32.8 Å². The zero-order chi connectivity index (χ0) is 27.4. The van der Waals surface area contributed by atoms with Gasteiger partial charge in [-0.1, -0.05) is 12.1 Å². The van der Waals surface area contributed by atoms with Crippen LogP contribution < -0.4 is 4.90 Å². The predicted molar refractivity (Wildman–Crippen MR) is 137 cm³/mol. The molecule has 38 heavy (non-hydrogen) atoms. The number of halogens is 3. The van der Waals surface area contributed by atoms with Crippen molar-refractivity contribution in [1.29, 1.82) is 0 Å². The second-order valence-corrected chi connectivity index (χ2v) is 12.6. The number of carbonyl (C=O) groups is 1. The van der Waals surface area contributed by atoms with Crippen molar-refractivity contribution in [2.45, 2.75) is 57.8 Å². The highest BCUT2D eigenvalue weighted by atomic mass is 32.2. The van der Waals surface area contributed by atoms with Crippen molar-refractivity contribution in [2.75, 3.05) is 23.5 Å². The molecule has 0 spiro atoms. The van der Waals surface area contributed by atoms with Crippen molar-refractivity contribution < 1.29 is 26.4 Å². The maximum Gasteiger partial charge on any atom is 0.413 e. The summed E-state index contributed by atoms with van der Waals surface area (Å²) in [5, 5.41) is 4.56. The largest absolute Gasteiger partial charge is 0.413 e. The van der Waals surface area contributed by atoms with Crippen LogP contribution in [0.1, 0.15) is 49.2 Å². The highest BCUT2D eigenvalue weighted by Gasteiger charge is 2.46. The molecule has 204 valence electrons. The van der Waals surface area contributed by atoms with E-state index in [1.807, 2.05) is 17.5 Å². The van der Waals surface area contributed by atoms with Gasteiger partial charge in [-0.3, -0.25) is 4.79 Å². The van der Waals surface area contributed by atoms with Gasteiger partial charge in [0.1, 0.15) is 9.84 Å². The summed E-state index contributed by atoms with van der Waals surface area (Å²) in [6, 6.07) is 5.96. The Morgan fingerprint density at radius 2 is 1.79 bits per heavy atom. The molecule has 4 heterocycles. The Labute approximate surface area is 219 Å². The van der Waals surface area contributed by atoms with E-state index in [1.54, 1.807) is 18.3 Å². The molecule has 12 heteroatoms. The number of rotatable bonds is 4. The Bertz CT molecular complexity index is 1460. The van der Waals surface area contributed by atoms with Crippen molar-refractivity contribution in [3.8, 4) is 0 Å². The van der Waals surface area contributed by atoms with E-state index in [9.17, 15) is 26.4 Å². The van der Waals surface area contributed by atoms with E-state index >= 15 is 0 Å². The van der Waals surface area contributed by atoms with Gasteiger partial charge in [-0.05, 0) is 57.2 Å². The van der Waals surface area contributed by atoms with Crippen LogP contribution in [0.25, 0.3) is 5.65 Å². The van der Waals surface area contributed by atoms with Gasteiger partial charge in [0.25, 0.3) is 0 Å². The fourth-order valence-electron chi connectivity index (χ4n) is 5.63. The minimum atomic E-state index is -4.70. The molecule has 2 aromatic heterocycles. The van der Waals surface area contributed by atoms with Crippen LogP contribution in [0.3, 0.4) is 0 Å². The molecule has 0 unspecified atom stereocenters. The number of aromatic nitrogens is 3. The van der Waals surface area contributed by atoms with Gasteiger partial charge in [0.15, 0.2) is 11.7 Å². The molecule has 5 rings (SSSR count). The first-order chi connectivity index (χ1) is 17.9. The lowest BCUT2D eigenvalue weighted by atomic mass is 9.97. The molecule has 2 aliphatic heterocycles. The van der Waals surface area contributed by atoms with Crippen molar-refractivity contribution in [2.24, 2.45) is 5.92 Å². The summed E-state index contributed by atoms with van der Waals surface area (Å²) in [6.45, 7) is 3.96. The highest BCUT2D eigenvalue weighted by molar-refractivity contribution is 7.91. The Morgan fingerprint density at radius 3 is 2.42 bits per heavy atom. The molecule has 1 aromatic carbocycles. The van der Waals surface area contributed by atoms with Gasteiger partial charge in [-0.15, -0.1) is 0 Å². The quantitative estimate of drug-likeness (QED) is 0.480. The smallest absolute Gasteiger partial charge is 0.336 e. The minimum absolute atomic E-state index is 0.0400. The summed E-state index contributed by atoms with van der Waals surface area (Å²) in [5.41, 5.74) is 4.13. The first-order valence-electron chi connectivity index (χ1n) is 12.6. The van der Waals surface area contributed by atoms with Crippen LogP contribution in [0, 0.1) is 12.8 Å². The zero-order valence-electron chi connectivity index (χ0n) is 21.4. The lowest BCUT2D eigenvalue weighted by Gasteiger charge is -2.37. The SMILES string of the molecule is Cc1cc2ncc3c(n2n1)CC[C@H](C)N3c1ccc([C@H](N(C)C(=O)C2CCS(=O)(=O)CC2)C(F)(F)F)cc1. The minimum Gasteiger partial charge on any atom is -0.336 e. The first kappa shape index (κ1) is 26.5. The van der Waals surface area contributed by atoms with E-state index in [0.717, 1.165) is 53.2 Å². The van der Waals surface area contributed by atoms with Crippen LogP contribution >= 0.6 is 0 Å². The van der Waals surface area contributed by atoms with Crippen LogP contribution in [0.15, 0.2) is 36.5 Å². The van der Waals surface area contributed by atoms with Gasteiger partial charge in [-0.25, -0.2) is 17.9 Å². The standard InChI is InChI=1S/C26H30F3N5O3S/c1-16-14-23-30-15-22-21(34(23)31-16)9-4-17(2)33(22)20-7-5-18(6-8-20)24(26(27,28)29)32(3)25(35)19-10-12-38(36,37)13-11-19/h5-8,14-15,17,19,24H,4,9-13H2,1-3H3/t17-,24-/m0/s1. The van der Waals surface area contributed by atoms with Gasteiger partial charge < -0.3 is 9.80 Å². The van der Waals surface area contributed by atoms with E-state index < -0.39 is 33.9 Å². The van der Waals surface area contributed by atoms with E-state index in [2.05, 4.69) is 21.9 Å². The van der Waals surface area contributed by atoms with E-state index in [-0.39, 0.29) is 36.0 Å². The Morgan fingerprint density at radius 1 is 1.13 bits per heavy atom. The van der Waals surface area contributed by atoms with Crippen LogP contribution in [0.2, 0.25) is 0 Å². The number of alkyl halides is 3. The predicted octanol–water partition coefficient (Wildman–Crippen LogP) is 4.40. The lowest BCUT2D eigenvalue weighted by Crippen LogP contribution is -2.44. The van der Waals surface area contributed by atoms with E-state index in [0.29, 0.717) is 0 Å². The van der Waals surface area contributed by atoms with Crippen LogP contribution in [-0.2, 0) is 21.1 Å². The molecule has 0 N–H and O–H groups in total. The summed E-state index contributed by atoms with van der Waals surface area (Å²) in [4.78, 5) is 20.3. The second kappa shape index (κ2) is 9.55. The van der Waals surface area contributed by atoms with Gasteiger partial charge in [-0.2, -0.15) is 18.3 Å². The summed E-state index contributed by atoms with van der Waals surface area (Å²) in [7, 11) is -2.09. The Hall–Kier alpha value is -3.15. The Balaban J connectivity index is 1.44. The number of amides is 1. The van der Waals surface area contributed by atoms with Gasteiger partial charge in [0.2, 0.25) is 5.91 Å². The molecule has 0 aliphatic carbocycles. The molecule has 1 saturated heterocycles. The second-order valence-electron chi connectivity index (χ2n) is 10.3. The number of anilines is 2. The number of benzene rings is 1. The molecular formula is C26H30F3N5O3S. The number of fused-ring (bicyclic) bond motifs is 3. The summed E-state index contributed by atoms with van der Waals surface area (Å²) >= 11 is 0. The molecule has 0 saturated carbocycles. The summed E-state index contributed by atoms with van der Waals surface area (Å²) < 4.78 is 68.0. The fourth-order valence-corrected chi connectivity index (χ4v) is 7.12. The normalized spacial score (nSPS) is 20.8. The highest BCUT2D eigenvalue weighted by Crippen LogP contribution is 2.41. The molecule has 0 radical (unpaired) electrons. The lowest BCUT2D eigenvalue weighted by molar-refractivity contribution is -0.190. The summed E-state index contributed by atoms with van der Waals surface area (Å²) in [5.74, 6) is -1.79. The summed E-state index contributed by atoms with van der Waals surface area (Å²) in [6.07, 6.45) is -1.20. The number of carbonyl (C=O) groups excluding carboxylic acids is 1. The van der Waals surface area contributed by atoms with Crippen molar-refractivity contribution in [3.05, 3.63) is 53.5 Å². The zero-order valence-corrected chi connectivity index (χ0v) is 22.3. The van der Waals surface area contributed by atoms with Gasteiger partial charge in [0.05, 0.1) is 34.8 Å². The third kappa shape index (κ3) is 4.85. The maximum atomic E-state index is 14.3. The van der Waals surface area contributed by atoms with E-state index in [1.165, 1.54) is 12.1 Å². The van der Waals surface area contributed by atoms with Crippen molar-refractivity contribution in [3.63, 3.8) is 0 Å². The average molecular weight is 550 g/mol. The van der Waals surface area contributed by atoms with Crippen molar-refractivity contribution in [1.82, 2.24) is 19.5 Å². The third-order valence-electron chi connectivity index (χ3n) is 7.62. The molecule has 2 aliphatic rings. The fraction of sp³-hybridized carbons (Fsp3) is 0.500. The Kier molecular flexibility index (Phi) is 6.65. The van der Waals surface area contributed by atoms with E-state index in [4.69, 9.17) is 0 Å². The average Bonchev–Trinajstić information content (AvgIpc) is 3.24. The topological polar surface area (TPSA) is 87.9 Å². The number of hydrogen-bond acceptors (Lipinski definition) is 6. The monoisotopic (exact) mass is 549 g/mol. The molecule has 1 fully saturated rings. The first-order valence-corrected chi connectivity index (χ1v) is 14.4. The molecule has 8 nitrogen and oxygen atoms in total. The maximum absolute atomic E-state index is 14.3. The van der Waals surface area contributed by atoms with Gasteiger partial charge >= 0.3 is 6.18 Å². The third-order valence-corrected chi connectivity index (χ3v) is 9.33. The van der Waals surface area contributed by atoms with Gasteiger partial charge in [0, 0.05) is 30.8 Å².